The van der Waals surface area contributed by atoms with Gasteiger partial charge < -0.3 is 10.1 Å². The predicted octanol–water partition coefficient (Wildman–Crippen LogP) is 3.22. The predicted molar refractivity (Wildman–Crippen MR) is 72.1 cm³/mol. The Morgan fingerprint density at radius 2 is 2.18 bits per heavy atom. The van der Waals surface area contributed by atoms with Crippen LogP contribution in [-0.4, -0.2) is 26.3 Å². The fourth-order valence-corrected chi connectivity index (χ4v) is 3.94. The van der Waals surface area contributed by atoms with Crippen LogP contribution in [0.3, 0.4) is 0 Å². The number of hydrogen-bond donors (Lipinski definition) is 1. The molecule has 2 bridgehead atoms. The molecular weight excluding hydrogens is 210 g/mol. The number of hydrogen-bond acceptors (Lipinski definition) is 2. The van der Waals surface area contributed by atoms with Crippen molar-refractivity contribution >= 4 is 0 Å². The van der Waals surface area contributed by atoms with E-state index in [0.29, 0.717) is 6.04 Å². The average molecular weight is 239 g/mol. The molecule has 4 unspecified atom stereocenters. The summed E-state index contributed by atoms with van der Waals surface area (Å²) in [7, 11) is 1.82. The van der Waals surface area contributed by atoms with Gasteiger partial charge in [0.25, 0.3) is 0 Å². The van der Waals surface area contributed by atoms with Gasteiger partial charge in [-0.15, -0.1) is 0 Å². The third-order valence-corrected chi connectivity index (χ3v) is 4.82. The van der Waals surface area contributed by atoms with Gasteiger partial charge in [-0.1, -0.05) is 13.3 Å². The molecule has 2 aliphatic carbocycles. The highest BCUT2D eigenvalue weighted by Gasteiger charge is 2.38. The van der Waals surface area contributed by atoms with Gasteiger partial charge in [0.1, 0.15) is 0 Å². The van der Waals surface area contributed by atoms with Crippen molar-refractivity contribution < 1.29 is 4.74 Å². The maximum Gasteiger partial charge on any atom is 0.0615 e. The van der Waals surface area contributed by atoms with Crippen LogP contribution in [0.4, 0.5) is 0 Å². The van der Waals surface area contributed by atoms with Crippen LogP contribution >= 0.6 is 0 Å². The van der Waals surface area contributed by atoms with Crippen LogP contribution in [0.1, 0.15) is 51.9 Å². The number of nitrogens with one attached hydrogen (secondary N) is 1. The van der Waals surface area contributed by atoms with E-state index in [2.05, 4.69) is 12.2 Å². The first-order valence-electron chi connectivity index (χ1n) is 7.55. The average Bonchev–Trinajstić information content (AvgIpc) is 2.94. The van der Waals surface area contributed by atoms with E-state index in [9.17, 15) is 0 Å². The Balaban J connectivity index is 1.67. The Morgan fingerprint density at radius 1 is 1.29 bits per heavy atom. The second-order valence-electron chi connectivity index (χ2n) is 6.12. The normalized spacial score (nSPS) is 33.2. The number of fused-ring (bicyclic) bond motifs is 2. The first-order chi connectivity index (χ1) is 8.33. The largest absolute Gasteiger partial charge is 0.383 e. The molecule has 2 nitrogen and oxygen atoms in total. The Hall–Kier alpha value is -0.0800. The van der Waals surface area contributed by atoms with E-state index in [1.165, 1.54) is 38.5 Å². The molecule has 0 saturated heterocycles. The fourth-order valence-electron chi connectivity index (χ4n) is 3.94. The van der Waals surface area contributed by atoms with Crippen LogP contribution in [0.5, 0.6) is 0 Å². The van der Waals surface area contributed by atoms with Gasteiger partial charge in [0.2, 0.25) is 0 Å². The lowest BCUT2D eigenvalue weighted by Gasteiger charge is -2.24. The summed E-state index contributed by atoms with van der Waals surface area (Å²) in [5.41, 5.74) is 0. The van der Waals surface area contributed by atoms with Gasteiger partial charge >= 0.3 is 0 Å². The van der Waals surface area contributed by atoms with E-state index in [1.54, 1.807) is 6.42 Å². The van der Waals surface area contributed by atoms with Gasteiger partial charge in [-0.25, -0.2) is 0 Å². The summed E-state index contributed by atoms with van der Waals surface area (Å²) < 4.78 is 5.32. The van der Waals surface area contributed by atoms with Crippen molar-refractivity contribution in [3.63, 3.8) is 0 Å². The molecule has 0 aromatic rings. The molecule has 2 heteroatoms. The summed E-state index contributed by atoms with van der Waals surface area (Å²) in [5.74, 6) is 3.21. The molecule has 0 radical (unpaired) electrons. The number of ether oxygens (including phenoxy) is 1. The zero-order valence-corrected chi connectivity index (χ0v) is 11.6. The van der Waals surface area contributed by atoms with Crippen LogP contribution in [0.2, 0.25) is 0 Å². The fraction of sp³-hybridized carbons (Fsp3) is 1.00. The summed E-state index contributed by atoms with van der Waals surface area (Å²) in [5, 5.41) is 3.61. The molecule has 100 valence electrons. The lowest BCUT2D eigenvalue weighted by molar-refractivity contribution is 0.155. The van der Waals surface area contributed by atoms with Crippen LogP contribution < -0.4 is 5.32 Å². The molecule has 2 saturated carbocycles. The van der Waals surface area contributed by atoms with E-state index < -0.39 is 0 Å². The molecule has 4 atom stereocenters. The first-order valence-corrected chi connectivity index (χ1v) is 7.55. The Morgan fingerprint density at radius 3 is 2.76 bits per heavy atom. The maximum atomic E-state index is 5.32. The second-order valence-corrected chi connectivity index (χ2v) is 6.12. The van der Waals surface area contributed by atoms with E-state index >= 15 is 0 Å². The number of methoxy groups -OCH3 is 1. The van der Waals surface area contributed by atoms with Gasteiger partial charge in [-0.3, -0.25) is 0 Å². The summed E-state index contributed by atoms with van der Waals surface area (Å²) in [6, 6.07) is 0.582. The third-order valence-electron chi connectivity index (χ3n) is 4.82. The number of rotatable bonds is 8. The van der Waals surface area contributed by atoms with E-state index in [4.69, 9.17) is 4.74 Å². The van der Waals surface area contributed by atoms with Gasteiger partial charge in [-0.05, 0) is 62.8 Å². The van der Waals surface area contributed by atoms with Crippen molar-refractivity contribution in [2.75, 3.05) is 20.3 Å². The highest BCUT2D eigenvalue weighted by Crippen LogP contribution is 2.49. The molecule has 17 heavy (non-hydrogen) atoms. The van der Waals surface area contributed by atoms with Crippen LogP contribution in [-0.2, 0) is 4.74 Å². The van der Waals surface area contributed by atoms with Crippen molar-refractivity contribution in [3.05, 3.63) is 0 Å². The van der Waals surface area contributed by atoms with E-state index in [1.807, 2.05) is 7.11 Å². The molecule has 0 aliphatic heterocycles. The van der Waals surface area contributed by atoms with Crippen LogP contribution in [0, 0.1) is 17.8 Å². The summed E-state index contributed by atoms with van der Waals surface area (Å²) in [6.45, 7) is 4.23. The van der Waals surface area contributed by atoms with Gasteiger partial charge in [-0.2, -0.15) is 0 Å². The summed E-state index contributed by atoms with van der Waals surface area (Å²) in [6.07, 6.45) is 10.1. The molecule has 0 aromatic heterocycles. The molecule has 2 rings (SSSR count). The SMILES string of the molecule is CCCNC(CCC1CC2CCC1C2)COC. The third kappa shape index (κ3) is 3.69. The Bertz CT molecular complexity index is 219. The highest BCUT2D eigenvalue weighted by molar-refractivity contribution is 4.90. The van der Waals surface area contributed by atoms with Gasteiger partial charge in [0, 0.05) is 13.2 Å². The maximum absolute atomic E-state index is 5.32. The Kier molecular flexibility index (Phi) is 5.30. The smallest absolute Gasteiger partial charge is 0.0615 e. The quantitative estimate of drug-likeness (QED) is 0.702. The molecule has 2 fully saturated rings. The summed E-state index contributed by atoms with van der Waals surface area (Å²) >= 11 is 0. The van der Waals surface area contributed by atoms with Crippen molar-refractivity contribution in [1.29, 1.82) is 0 Å². The van der Waals surface area contributed by atoms with E-state index in [-0.39, 0.29) is 0 Å². The zero-order valence-electron chi connectivity index (χ0n) is 11.6. The van der Waals surface area contributed by atoms with E-state index in [0.717, 1.165) is 30.9 Å². The van der Waals surface area contributed by atoms with Crippen molar-refractivity contribution in [2.45, 2.75) is 57.9 Å². The minimum absolute atomic E-state index is 0.582. The monoisotopic (exact) mass is 239 g/mol. The lowest BCUT2D eigenvalue weighted by Crippen LogP contribution is -2.34. The zero-order chi connectivity index (χ0) is 12.1. The lowest BCUT2D eigenvalue weighted by atomic mass is 9.84. The van der Waals surface area contributed by atoms with Crippen LogP contribution in [0.15, 0.2) is 0 Å². The topological polar surface area (TPSA) is 21.3 Å². The molecule has 1 N–H and O–H groups in total. The van der Waals surface area contributed by atoms with Crippen molar-refractivity contribution in [2.24, 2.45) is 17.8 Å². The molecule has 0 amide bonds. The molecule has 0 aromatic carbocycles. The van der Waals surface area contributed by atoms with Crippen LogP contribution in [0.25, 0.3) is 0 Å². The van der Waals surface area contributed by atoms with Gasteiger partial charge in [0.05, 0.1) is 6.61 Å². The molecule has 2 aliphatic rings. The summed E-state index contributed by atoms with van der Waals surface area (Å²) in [4.78, 5) is 0. The van der Waals surface area contributed by atoms with Gasteiger partial charge in [0.15, 0.2) is 0 Å². The highest BCUT2D eigenvalue weighted by atomic mass is 16.5. The van der Waals surface area contributed by atoms with Crippen molar-refractivity contribution in [1.82, 2.24) is 5.32 Å². The Labute approximate surface area is 107 Å². The minimum atomic E-state index is 0.582. The minimum Gasteiger partial charge on any atom is -0.383 e. The molecule has 0 spiro atoms. The standard InChI is InChI=1S/C15H29NO/c1-3-8-16-15(11-17-2)7-6-14-10-12-4-5-13(14)9-12/h12-16H,3-11H2,1-2H3. The second kappa shape index (κ2) is 6.75. The molecular formula is C15H29NO. The van der Waals surface area contributed by atoms with Crippen molar-refractivity contribution in [3.8, 4) is 0 Å². The first kappa shape index (κ1) is 13.4. The molecule has 0 heterocycles.